The summed E-state index contributed by atoms with van der Waals surface area (Å²) in [5.74, 6) is 0. The molecule has 1 N–H and O–H groups in total. The topological polar surface area (TPSA) is 89.2 Å². The molecule has 3 rings (SSSR count). The lowest BCUT2D eigenvalue weighted by Crippen LogP contribution is -2.40. The Bertz CT molecular complexity index is 957. The molecule has 0 radical (unpaired) electrons. The van der Waals surface area contributed by atoms with Crippen LogP contribution in [0.4, 0.5) is 0 Å². The Morgan fingerprint density at radius 2 is 1.96 bits per heavy atom. The van der Waals surface area contributed by atoms with Crippen molar-refractivity contribution in [3.63, 3.8) is 0 Å². The van der Waals surface area contributed by atoms with Crippen LogP contribution in [0.5, 0.6) is 0 Å². The number of nitrogens with zero attached hydrogens (tertiary/aromatic N) is 4. The number of rotatable bonds is 3. The first-order valence-electron chi connectivity index (χ1n) is 7.06. The van der Waals surface area contributed by atoms with Crippen LogP contribution in [-0.2, 0) is 10.0 Å². The zero-order chi connectivity index (χ0) is 16.7. The van der Waals surface area contributed by atoms with Gasteiger partial charge in [0.2, 0.25) is 10.0 Å². The second-order valence-electron chi connectivity index (χ2n) is 6.23. The van der Waals surface area contributed by atoms with Gasteiger partial charge in [0.05, 0.1) is 17.4 Å². The molecule has 0 fully saturated rings. The van der Waals surface area contributed by atoms with Gasteiger partial charge in [-0.05, 0) is 45.0 Å². The van der Waals surface area contributed by atoms with Gasteiger partial charge in [0.25, 0.3) is 0 Å². The number of hydrogen-bond acceptors (Lipinski definition) is 5. The molecule has 3 heterocycles. The van der Waals surface area contributed by atoms with Crippen molar-refractivity contribution in [2.24, 2.45) is 0 Å². The lowest BCUT2D eigenvalue weighted by atomic mass is 10.1. The smallest absolute Gasteiger partial charge is 0.243 e. The number of fused-ring (bicyclic) bond motifs is 1. The summed E-state index contributed by atoms with van der Waals surface area (Å²) in [4.78, 5) is 4.39. The lowest BCUT2D eigenvalue weighted by molar-refractivity contribution is 0.491. The second-order valence-corrected chi connectivity index (χ2v) is 7.88. The Labute approximate surface area is 134 Å². The van der Waals surface area contributed by atoms with Crippen LogP contribution >= 0.6 is 0 Å². The van der Waals surface area contributed by atoms with E-state index in [1.165, 1.54) is 0 Å². The van der Waals surface area contributed by atoms with E-state index in [0.717, 1.165) is 5.52 Å². The van der Waals surface area contributed by atoms with E-state index < -0.39 is 15.6 Å². The number of nitrogens with one attached hydrogen (secondary N) is 1. The van der Waals surface area contributed by atoms with Gasteiger partial charge in [0.1, 0.15) is 4.90 Å². The fourth-order valence-corrected chi connectivity index (χ4v) is 3.84. The van der Waals surface area contributed by atoms with Crippen LogP contribution in [0.3, 0.4) is 0 Å². The third-order valence-corrected chi connectivity index (χ3v) is 4.86. The number of pyridine rings is 2. The van der Waals surface area contributed by atoms with E-state index >= 15 is 0 Å². The highest BCUT2D eigenvalue weighted by Gasteiger charge is 2.25. The van der Waals surface area contributed by atoms with E-state index in [4.69, 9.17) is 0 Å². The Balaban J connectivity index is 2.14. The summed E-state index contributed by atoms with van der Waals surface area (Å²) in [5.41, 5.74) is 1.27. The number of aromatic nitrogens is 4. The summed E-state index contributed by atoms with van der Waals surface area (Å²) < 4.78 is 29.6. The largest absolute Gasteiger partial charge is 0.255 e. The molecule has 0 saturated heterocycles. The molecule has 0 aliphatic carbocycles. The van der Waals surface area contributed by atoms with Crippen molar-refractivity contribution in [3.05, 3.63) is 42.9 Å². The standard InChI is InChI=1S/C15H17N5O2S/c1-15(2,3)18-23(21,22)13-5-4-8-16-14(13)11-6-7-12-9-17-19-20(12)10-11/h4-10,18H,1-3H3. The normalized spacial score (nSPS) is 12.7. The van der Waals surface area contributed by atoms with Gasteiger partial charge in [-0.2, -0.15) is 0 Å². The van der Waals surface area contributed by atoms with E-state index in [2.05, 4.69) is 20.0 Å². The molecule has 0 spiro atoms. The van der Waals surface area contributed by atoms with Crippen molar-refractivity contribution in [1.82, 2.24) is 24.5 Å². The van der Waals surface area contributed by atoms with Crippen molar-refractivity contribution in [1.29, 1.82) is 0 Å². The predicted molar refractivity (Wildman–Crippen MR) is 86.3 cm³/mol. The maximum atomic E-state index is 12.7. The summed E-state index contributed by atoms with van der Waals surface area (Å²) in [6.45, 7) is 5.38. The third kappa shape index (κ3) is 3.22. The Morgan fingerprint density at radius 3 is 2.70 bits per heavy atom. The van der Waals surface area contributed by atoms with E-state index in [-0.39, 0.29) is 4.90 Å². The van der Waals surface area contributed by atoms with Gasteiger partial charge >= 0.3 is 0 Å². The summed E-state index contributed by atoms with van der Waals surface area (Å²) in [6.07, 6.45) is 4.90. The van der Waals surface area contributed by atoms with E-state index in [9.17, 15) is 8.42 Å². The third-order valence-electron chi connectivity index (χ3n) is 3.07. The average Bonchev–Trinajstić information content (AvgIpc) is 2.92. The fourth-order valence-electron chi connectivity index (χ4n) is 2.24. The monoisotopic (exact) mass is 331 g/mol. The quantitative estimate of drug-likeness (QED) is 0.791. The van der Waals surface area contributed by atoms with Crippen LogP contribution < -0.4 is 4.72 Å². The van der Waals surface area contributed by atoms with Crippen molar-refractivity contribution < 1.29 is 8.42 Å². The van der Waals surface area contributed by atoms with E-state index in [1.807, 2.05) is 6.07 Å². The molecule has 0 unspecified atom stereocenters. The van der Waals surface area contributed by atoms with Gasteiger partial charge < -0.3 is 0 Å². The van der Waals surface area contributed by atoms with Crippen LogP contribution in [0.15, 0.2) is 47.8 Å². The minimum atomic E-state index is -3.69. The van der Waals surface area contributed by atoms with Crippen LogP contribution in [0.2, 0.25) is 0 Å². The minimum Gasteiger partial charge on any atom is -0.255 e. The molecular formula is C15H17N5O2S. The summed E-state index contributed by atoms with van der Waals surface area (Å²) >= 11 is 0. The fraction of sp³-hybridized carbons (Fsp3) is 0.267. The van der Waals surface area contributed by atoms with Gasteiger partial charge in [-0.15, -0.1) is 5.10 Å². The molecule has 3 aromatic heterocycles. The highest BCUT2D eigenvalue weighted by atomic mass is 32.2. The lowest BCUT2D eigenvalue weighted by Gasteiger charge is -2.21. The molecular weight excluding hydrogens is 314 g/mol. The first kappa shape index (κ1) is 15.6. The summed E-state index contributed by atoms with van der Waals surface area (Å²) in [5, 5.41) is 7.75. The van der Waals surface area contributed by atoms with Crippen LogP contribution in [0, 0.1) is 0 Å². The van der Waals surface area contributed by atoms with Crippen molar-refractivity contribution in [2.75, 3.05) is 0 Å². The maximum Gasteiger partial charge on any atom is 0.243 e. The molecule has 0 aliphatic heterocycles. The molecule has 0 saturated carbocycles. The molecule has 0 aliphatic rings. The van der Waals surface area contributed by atoms with Gasteiger partial charge in [-0.1, -0.05) is 5.21 Å². The summed E-state index contributed by atoms with van der Waals surface area (Å²) in [7, 11) is -3.69. The average molecular weight is 331 g/mol. The molecule has 0 aromatic carbocycles. The Hall–Kier alpha value is -2.32. The Morgan fingerprint density at radius 1 is 1.17 bits per heavy atom. The van der Waals surface area contributed by atoms with Crippen LogP contribution in [-0.4, -0.2) is 33.8 Å². The highest BCUT2D eigenvalue weighted by Crippen LogP contribution is 2.26. The zero-order valence-corrected chi connectivity index (χ0v) is 13.9. The molecule has 0 atom stereocenters. The SMILES string of the molecule is CC(C)(C)NS(=O)(=O)c1cccnc1-c1ccc2cnnn2c1. The molecule has 23 heavy (non-hydrogen) atoms. The van der Waals surface area contributed by atoms with Gasteiger partial charge in [0, 0.05) is 23.5 Å². The van der Waals surface area contributed by atoms with E-state index in [1.54, 1.807) is 62.1 Å². The minimum absolute atomic E-state index is 0.134. The second kappa shape index (κ2) is 5.39. The van der Waals surface area contributed by atoms with Gasteiger partial charge in [-0.3, -0.25) is 4.98 Å². The molecule has 0 amide bonds. The number of sulfonamides is 1. The highest BCUT2D eigenvalue weighted by molar-refractivity contribution is 7.89. The maximum absolute atomic E-state index is 12.7. The van der Waals surface area contributed by atoms with Crippen LogP contribution in [0.25, 0.3) is 16.8 Å². The van der Waals surface area contributed by atoms with E-state index in [0.29, 0.717) is 11.3 Å². The van der Waals surface area contributed by atoms with Crippen molar-refractivity contribution >= 4 is 15.5 Å². The first-order chi connectivity index (χ1) is 10.8. The molecule has 120 valence electrons. The Kier molecular flexibility index (Phi) is 3.65. The molecule has 7 nitrogen and oxygen atoms in total. The summed E-state index contributed by atoms with van der Waals surface area (Å²) in [6, 6.07) is 6.77. The number of hydrogen-bond donors (Lipinski definition) is 1. The zero-order valence-electron chi connectivity index (χ0n) is 13.1. The van der Waals surface area contributed by atoms with Crippen molar-refractivity contribution in [3.8, 4) is 11.3 Å². The molecule has 8 heteroatoms. The van der Waals surface area contributed by atoms with Gasteiger partial charge in [0.15, 0.2) is 0 Å². The first-order valence-corrected chi connectivity index (χ1v) is 8.54. The molecule has 3 aromatic rings. The van der Waals surface area contributed by atoms with Crippen molar-refractivity contribution in [2.45, 2.75) is 31.2 Å². The van der Waals surface area contributed by atoms with Crippen LogP contribution in [0.1, 0.15) is 20.8 Å². The van der Waals surface area contributed by atoms with Gasteiger partial charge in [-0.25, -0.2) is 17.7 Å². The predicted octanol–water partition coefficient (Wildman–Crippen LogP) is 1.87. The molecule has 0 bridgehead atoms.